The van der Waals surface area contributed by atoms with E-state index in [0.717, 1.165) is 29.3 Å². The number of benzene rings is 1. The lowest BCUT2D eigenvalue weighted by Gasteiger charge is -2.05. The molecule has 21 heavy (non-hydrogen) atoms. The Balaban J connectivity index is 2.15. The summed E-state index contributed by atoms with van der Waals surface area (Å²) < 4.78 is 5.43. The van der Waals surface area contributed by atoms with Crippen molar-refractivity contribution in [2.45, 2.75) is 20.0 Å². The van der Waals surface area contributed by atoms with E-state index >= 15 is 0 Å². The van der Waals surface area contributed by atoms with Crippen LogP contribution in [0.25, 0.3) is 0 Å². The maximum atomic E-state index is 11.0. The fourth-order valence-electron chi connectivity index (χ4n) is 1.67. The molecule has 2 rings (SSSR count). The van der Waals surface area contributed by atoms with Gasteiger partial charge in [0.25, 0.3) is 5.69 Å². The molecule has 0 spiro atoms. The first-order valence-electron chi connectivity index (χ1n) is 6.09. The van der Waals surface area contributed by atoms with Gasteiger partial charge in [-0.3, -0.25) is 10.1 Å². The van der Waals surface area contributed by atoms with Crippen molar-refractivity contribution in [3.63, 3.8) is 0 Å². The second-order valence-electron chi connectivity index (χ2n) is 4.12. The molecule has 2 aromatic rings. The SMILES string of the molecule is CCc1nc(COc2ccc([N+](=O)[O-])c(C(=O)O)c2)cs1. The number of hydrogen-bond acceptors (Lipinski definition) is 6. The van der Waals surface area contributed by atoms with Crippen molar-refractivity contribution < 1.29 is 19.6 Å². The Morgan fingerprint density at radius 1 is 1.52 bits per heavy atom. The lowest BCUT2D eigenvalue weighted by molar-refractivity contribution is -0.385. The van der Waals surface area contributed by atoms with E-state index in [2.05, 4.69) is 4.98 Å². The van der Waals surface area contributed by atoms with Crippen molar-refractivity contribution >= 4 is 23.0 Å². The van der Waals surface area contributed by atoms with Crippen LogP contribution < -0.4 is 4.74 Å². The highest BCUT2D eigenvalue weighted by molar-refractivity contribution is 7.09. The smallest absolute Gasteiger partial charge is 0.342 e. The number of aromatic nitrogens is 1. The topological polar surface area (TPSA) is 103 Å². The van der Waals surface area contributed by atoms with Gasteiger partial charge in [0.05, 0.1) is 15.6 Å². The number of carboxylic acid groups (broad SMARTS) is 1. The molecule has 110 valence electrons. The van der Waals surface area contributed by atoms with Gasteiger partial charge in [-0.05, 0) is 12.5 Å². The van der Waals surface area contributed by atoms with Crippen LogP contribution in [-0.4, -0.2) is 21.0 Å². The summed E-state index contributed by atoms with van der Waals surface area (Å²) in [6, 6.07) is 3.64. The molecule has 0 atom stereocenters. The molecule has 0 unspecified atom stereocenters. The van der Waals surface area contributed by atoms with Crippen molar-refractivity contribution in [1.82, 2.24) is 4.98 Å². The van der Waals surface area contributed by atoms with E-state index in [1.807, 2.05) is 12.3 Å². The highest BCUT2D eigenvalue weighted by atomic mass is 32.1. The van der Waals surface area contributed by atoms with E-state index in [0.29, 0.717) is 0 Å². The van der Waals surface area contributed by atoms with E-state index in [1.54, 1.807) is 0 Å². The zero-order chi connectivity index (χ0) is 15.4. The third-order valence-electron chi connectivity index (χ3n) is 2.68. The molecular formula is C13H12N2O5S. The number of hydrogen-bond donors (Lipinski definition) is 1. The third-order valence-corrected chi connectivity index (χ3v) is 3.73. The standard InChI is InChI=1S/C13H12N2O5S/c1-2-12-14-8(7-21-12)6-20-9-3-4-11(15(18)19)10(5-9)13(16)17/h3-5,7H,2,6H2,1H3,(H,16,17). The molecule has 0 fully saturated rings. The number of nitrogens with zero attached hydrogens (tertiary/aromatic N) is 2. The molecule has 1 N–H and O–H groups in total. The lowest BCUT2D eigenvalue weighted by Crippen LogP contribution is -2.04. The highest BCUT2D eigenvalue weighted by Gasteiger charge is 2.20. The maximum Gasteiger partial charge on any atom is 0.342 e. The molecule has 0 saturated carbocycles. The zero-order valence-electron chi connectivity index (χ0n) is 11.1. The second kappa shape index (κ2) is 6.31. The van der Waals surface area contributed by atoms with E-state index in [1.165, 1.54) is 17.4 Å². The summed E-state index contributed by atoms with van der Waals surface area (Å²) >= 11 is 1.52. The van der Waals surface area contributed by atoms with Gasteiger partial charge in [0.1, 0.15) is 17.9 Å². The molecule has 0 bridgehead atoms. The molecule has 0 aliphatic carbocycles. The second-order valence-corrected chi connectivity index (χ2v) is 5.06. The monoisotopic (exact) mass is 308 g/mol. The molecular weight excluding hydrogens is 296 g/mol. The van der Waals surface area contributed by atoms with Gasteiger partial charge in [0.2, 0.25) is 0 Å². The van der Waals surface area contributed by atoms with E-state index in [4.69, 9.17) is 9.84 Å². The molecule has 0 aliphatic heterocycles. The van der Waals surface area contributed by atoms with Crippen LogP contribution in [0.15, 0.2) is 23.6 Å². The number of carbonyl (C=O) groups is 1. The molecule has 8 heteroatoms. The van der Waals surface area contributed by atoms with Crippen molar-refractivity contribution in [2.24, 2.45) is 0 Å². The molecule has 7 nitrogen and oxygen atoms in total. The number of ether oxygens (including phenoxy) is 1. The Kier molecular flexibility index (Phi) is 4.49. The summed E-state index contributed by atoms with van der Waals surface area (Å²) in [7, 11) is 0. The number of rotatable bonds is 6. The van der Waals surface area contributed by atoms with Crippen molar-refractivity contribution in [1.29, 1.82) is 0 Å². The molecule has 0 aliphatic rings. The van der Waals surface area contributed by atoms with Gasteiger partial charge >= 0.3 is 5.97 Å². The van der Waals surface area contributed by atoms with Crippen LogP contribution in [-0.2, 0) is 13.0 Å². The zero-order valence-corrected chi connectivity index (χ0v) is 11.9. The molecule has 1 aromatic heterocycles. The number of thiazole rings is 1. The number of nitro benzene ring substituents is 1. The Bertz CT molecular complexity index is 683. The van der Waals surface area contributed by atoms with Gasteiger partial charge in [-0.15, -0.1) is 11.3 Å². The quantitative estimate of drug-likeness (QED) is 0.650. The van der Waals surface area contributed by atoms with Crippen LogP contribution in [0.1, 0.15) is 28.0 Å². The first-order chi connectivity index (χ1) is 10.0. The van der Waals surface area contributed by atoms with Crippen LogP contribution in [0.3, 0.4) is 0 Å². The number of nitro groups is 1. The van der Waals surface area contributed by atoms with Crippen molar-refractivity contribution in [2.75, 3.05) is 0 Å². The predicted octanol–water partition coefficient (Wildman–Crippen LogP) is 2.89. The predicted molar refractivity (Wildman–Crippen MR) is 75.9 cm³/mol. The highest BCUT2D eigenvalue weighted by Crippen LogP contribution is 2.25. The Morgan fingerprint density at radius 3 is 2.86 bits per heavy atom. The van der Waals surface area contributed by atoms with E-state index in [-0.39, 0.29) is 12.4 Å². The van der Waals surface area contributed by atoms with Gasteiger partial charge in [-0.2, -0.15) is 0 Å². The summed E-state index contributed by atoms with van der Waals surface area (Å²) in [6.07, 6.45) is 0.839. The van der Waals surface area contributed by atoms with Gasteiger partial charge in [-0.1, -0.05) is 6.92 Å². The Hall–Kier alpha value is -2.48. The van der Waals surface area contributed by atoms with Gasteiger partial charge in [-0.25, -0.2) is 9.78 Å². The van der Waals surface area contributed by atoms with Crippen molar-refractivity contribution in [3.05, 3.63) is 50.0 Å². The largest absolute Gasteiger partial charge is 0.487 e. The summed E-state index contributed by atoms with van der Waals surface area (Å²) in [6.45, 7) is 2.19. The Morgan fingerprint density at radius 2 is 2.29 bits per heavy atom. The number of aryl methyl sites for hydroxylation is 1. The van der Waals surface area contributed by atoms with Crippen molar-refractivity contribution in [3.8, 4) is 5.75 Å². The molecule has 0 radical (unpaired) electrons. The summed E-state index contributed by atoms with van der Waals surface area (Å²) in [5.41, 5.74) is -0.117. The van der Waals surface area contributed by atoms with Gasteiger partial charge < -0.3 is 9.84 Å². The summed E-state index contributed by atoms with van der Waals surface area (Å²) in [5, 5.41) is 22.6. The van der Waals surface area contributed by atoms with E-state index in [9.17, 15) is 14.9 Å². The molecule has 0 saturated heterocycles. The number of carboxylic acids is 1. The average Bonchev–Trinajstić information content (AvgIpc) is 2.92. The molecule has 1 aromatic carbocycles. The van der Waals surface area contributed by atoms with Crippen LogP contribution in [0, 0.1) is 10.1 Å². The average molecular weight is 308 g/mol. The van der Waals surface area contributed by atoms with Crippen LogP contribution >= 0.6 is 11.3 Å². The summed E-state index contributed by atoms with van der Waals surface area (Å²) in [5.74, 6) is -1.11. The fraction of sp³-hybridized carbons (Fsp3) is 0.231. The number of aromatic carboxylic acids is 1. The maximum absolute atomic E-state index is 11.0. The van der Waals surface area contributed by atoms with Gasteiger partial charge in [0, 0.05) is 17.5 Å². The minimum absolute atomic E-state index is 0.188. The Labute approximate surface area is 124 Å². The molecule has 1 heterocycles. The van der Waals surface area contributed by atoms with Crippen LogP contribution in [0.4, 0.5) is 5.69 Å². The summed E-state index contributed by atoms with van der Waals surface area (Å²) in [4.78, 5) is 25.4. The molecule has 0 amide bonds. The normalized spacial score (nSPS) is 10.3. The third kappa shape index (κ3) is 3.54. The first kappa shape index (κ1) is 14.9. The lowest BCUT2D eigenvalue weighted by atomic mass is 10.1. The van der Waals surface area contributed by atoms with Crippen LogP contribution in [0.2, 0.25) is 0 Å². The van der Waals surface area contributed by atoms with E-state index < -0.39 is 22.1 Å². The van der Waals surface area contributed by atoms with Gasteiger partial charge in [0.15, 0.2) is 0 Å². The first-order valence-corrected chi connectivity index (χ1v) is 6.97. The fourth-order valence-corrected chi connectivity index (χ4v) is 2.40. The minimum Gasteiger partial charge on any atom is -0.487 e. The van der Waals surface area contributed by atoms with Crippen LogP contribution in [0.5, 0.6) is 5.75 Å². The minimum atomic E-state index is -1.37.